The van der Waals surface area contributed by atoms with E-state index in [2.05, 4.69) is 16.0 Å². The number of pyridine rings is 1. The SMILES string of the molecule is CC[C@H]1CN(c2nc(=O)n(Cc3ccc(OC)cc3)c3ccc(C#N)nc23)C(C)CN1C(=O)OC(C)(C)C. The predicted octanol–water partition coefficient (Wildman–Crippen LogP) is 3.94. The molecule has 4 rings (SSSR count). The Morgan fingerprint density at radius 3 is 2.45 bits per heavy atom. The number of methoxy groups -OCH3 is 1. The molecule has 200 valence electrons. The number of anilines is 1. The van der Waals surface area contributed by atoms with Gasteiger partial charge in [0.2, 0.25) is 0 Å². The maximum absolute atomic E-state index is 13.4. The Hall–Kier alpha value is -4.13. The summed E-state index contributed by atoms with van der Waals surface area (Å²) < 4.78 is 12.4. The molecule has 38 heavy (non-hydrogen) atoms. The molecule has 10 nitrogen and oxygen atoms in total. The zero-order valence-electron chi connectivity index (χ0n) is 22.8. The van der Waals surface area contributed by atoms with Crippen LogP contribution in [0.15, 0.2) is 41.2 Å². The molecule has 1 fully saturated rings. The van der Waals surface area contributed by atoms with Crippen molar-refractivity contribution < 1.29 is 14.3 Å². The van der Waals surface area contributed by atoms with Gasteiger partial charge in [0.25, 0.3) is 0 Å². The van der Waals surface area contributed by atoms with Gasteiger partial charge in [-0.1, -0.05) is 19.1 Å². The molecule has 1 amide bonds. The summed E-state index contributed by atoms with van der Waals surface area (Å²) in [6.45, 7) is 10.7. The van der Waals surface area contributed by atoms with Crippen molar-refractivity contribution >= 4 is 22.9 Å². The van der Waals surface area contributed by atoms with E-state index in [0.717, 1.165) is 11.3 Å². The average molecular weight is 519 g/mol. The summed E-state index contributed by atoms with van der Waals surface area (Å²) in [5.41, 5.74) is 1.19. The van der Waals surface area contributed by atoms with Gasteiger partial charge in [-0.2, -0.15) is 10.2 Å². The number of hydrogen-bond donors (Lipinski definition) is 0. The number of nitriles is 1. The van der Waals surface area contributed by atoms with Gasteiger partial charge >= 0.3 is 11.8 Å². The fourth-order valence-corrected chi connectivity index (χ4v) is 4.70. The van der Waals surface area contributed by atoms with Gasteiger partial charge in [0.15, 0.2) is 5.82 Å². The van der Waals surface area contributed by atoms with Crippen LogP contribution in [0.2, 0.25) is 0 Å². The highest BCUT2D eigenvalue weighted by Crippen LogP contribution is 2.29. The second-order valence-corrected chi connectivity index (χ2v) is 10.5. The first-order valence-electron chi connectivity index (χ1n) is 12.8. The van der Waals surface area contributed by atoms with Gasteiger partial charge in [0.05, 0.1) is 25.2 Å². The minimum absolute atomic E-state index is 0.140. The van der Waals surface area contributed by atoms with Crippen LogP contribution in [0, 0.1) is 11.3 Å². The van der Waals surface area contributed by atoms with Crippen LogP contribution in [0.4, 0.5) is 10.6 Å². The number of fused-ring (bicyclic) bond motifs is 1. The molecule has 1 aromatic carbocycles. The lowest BCUT2D eigenvalue weighted by Gasteiger charge is -2.45. The average Bonchev–Trinajstić information content (AvgIpc) is 2.89. The van der Waals surface area contributed by atoms with Crippen LogP contribution in [0.3, 0.4) is 0 Å². The highest BCUT2D eigenvalue weighted by molar-refractivity contribution is 5.86. The number of piperazine rings is 1. The largest absolute Gasteiger partial charge is 0.497 e. The molecule has 1 unspecified atom stereocenters. The number of benzene rings is 1. The molecule has 2 atom stereocenters. The molecule has 1 saturated heterocycles. The van der Waals surface area contributed by atoms with Crippen molar-refractivity contribution in [3.05, 3.63) is 58.1 Å². The highest BCUT2D eigenvalue weighted by Gasteiger charge is 2.37. The minimum atomic E-state index is -0.598. The molecule has 1 aliphatic rings. The van der Waals surface area contributed by atoms with E-state index in [1.54, 1.807) is 28.7 Å². The molecule has 0 aliphatic carbocycles. The van der Waals surface area contributed by atoms with Gasteiger partial charge in [-0.3, -0.25) is 4.57 Å². The Kier molecular flexibility index (Phi) is 7.58. The Labute approximate surface area is 222 Å². The van der Waals surface area contributed by atoms with E-state index in [1.807, 2.05) is 63.8 Å². The lowest BCUT2D eigenvalue weighted by Crippen LogP contribution is -2.60. The summed E-state index contributed by atoms with van der Waals surface area (Å²) in [4.78, 5) is 39.2. The van der Waals surface area contributed by atoms with Crippen LogP contribution < -0.4 is 15.3 Å². The zero-order chi connectivity index (χ0) is 27.6. The molecule has 0 saturated carbocycles. The summed E-state index contributed by atoms with van der Waals surface area (Å²) in [6, 6.07) is 12.6. The van der Waals surface area contributed by atoms with E-state index in [1.165, 1.54) is 0 Å². The molecule has 1 aliphatic heterocycles. The van der Waals surface area contributed by atoms with Gasteiger partial charge in [-0.15, -0.1) is 0 Å². The third-order valence-electron chi connectivity index (χ3n) is 6.64. The molecule has 2 aromatic heterocycles. The first kappa shape index (κ1) is 26.9. The smallest absolute Gasteiger partial charge is 0.410 e. The maximum Gasteiger partial charge on any atom is 0.410 e. The van der Waals surface area contributed by atoms with Crippen LogP contribution >= 0.6 is 0 Å². The number of nitrogens with zero attached hydrogens (tertiary/aromatic N) is 6. The molecular formula is C28H34N6O4. The van der Waals surface area contributed by atoms with Gasteiger partial charge in [-0.25, -0.2) is 14.6 Å². The van der Waals surface area contributed by atoms with E-state index in [0.29, 0.717) is 42.9 Å². The van der Waals surface area contributed by atoms with Gasteiger partial charge in [-0.05, 0) is 63.9 Å². The van der Waals surface area contributed by atoms with Gasteiger partial charge < -0.3 is 19.3 Å². The van der Waals surface area contributed by atoms with E-state index in [4.69, 9.17) is 9.47 Å². The fourth-order valence-electron chi connectivity index (χ4n) is 4.70. The topological polar surface area (TPSA) is 114 Å². The normalized spacial score (nSPS) is 17.8. The quantitative estimate of drug-likeness (QED) is 0.499. The maximum atomic E-state index is 13.4. The van der Waals surface area contributed by atoms with Crippen molar-refractivity contribution in [2.24, 2.45) is 0 Å². The van der Waals surface area contributed by atoms with E-state index < -0.39 is 11.3 Å². The second kappa shape index (κ2) is 10.7. The van der Waals surface area contributed by atoms with Crippen molar-refractivity contribution in [2.75, 3.05) is 25.1 Å². The third kappa shape index (κ3) is 5.57. The zero-order valence-corrected chi connectivity index (χ0v) is 22.8. The fraction of sp³-hybridized carbons (Fsp3) is 0.464. The molecule has 0 bridgehead atoms. The number of carbonyl (C=O) groups is 1. The molecule has 3 aromatic rings. The summed E-state index contributed by atoms with van der Waals surface area (Å²) in [6.07, 6.45) is 0.347. The number of rotatable bonds is 5. The molecule has 0 radical (unpaired) electrons. The van der Waals surface area contributed by atoms with Crippen LogP contribution in [0.5, 0.6) is 5.75 Å². The number of carbonyl (C=O) groups excluding carboxylic acids is 1. The van der Waals surface area contributed by atoms with E-state index in [-0.39, 0.29) is 23.9 Å². The van der Waals surface area contributed by atoms with Crippen LogP contribution in [-0.4, -0.2) is 63.4 Å². The highest BCUT2D eigenvalue weighted by atomic mass is 16.6. The molecule has 0 spiro atoms. The number of aromatic nitrogens is 3. The lowest BCUT2D eigenvalue weighted by molar-refractivity contribution is 0.0106. The van der Waals surface area contributed by atoms with Crippen molar-refractivity contribution in [3.8, 4) is 11.8 Å². The van der Waals surface area contributed by atoms with Crippen LogP contribution in [-0.2, 0) is 11.3 Å². The Morgan fingerprint density at radius 1 is 1.13 bits per heavy atom. The summed E-state index contributed by atoms with van der Waals surface area (Å²) in [5, 5.41) is 9.54. The standard InChI is InChI=1S/C28H34N6O4/c1-7-21-17-32(18(2)15-33(21)27(36)38-28(3,4)5)25-24-23(13-10-20(14-29)30-24)34(26(35)31-25)16-19-8-11-22(37-6)12-9-19/h8-13,18,21H,7,15-17H2,1-6H3/t18?,21-/m0/s1. The van der Waals surface area contributed by atoms with Crippen LogP contribution in [0.25, 0.3) is 11.0 Å². The van der Waals surface area contributed by atoms with Gasteiger partial charge in [0.1, 0.15) is 28.6 Å². The first-order chi connectivity index (χ1) is 18.0. The number of hydrogen-bond acceptors (Lipinski definition) is 8. The Balaban J connectivity index is 1.75. The van der Waals surface area contributed by atoms with Crippen molar-refractivity contribution in [3.63, 3.8) is 0 Å². The molecule has 3 heterocycles. The second-order valence-electron chi connectivity index (χ2n) is 10.5. The molecule has 0 N–H and O–H groups in total. The molecular weight excluding hydrogens is 484 g/mol. The summed E-state index contributed by atoms with van der Waals surface area (Å²) in [7, 11) is 1.60. The number of ether oxygens (including phenoxy) is 2. The monoisotopic (exact) mass is 518 g/mol. The van der Waals surface area contributed by atoms with Crippen molar-refractivity contribution in [1.29, 1.82) is 5.26 Å². The third-order valence-corrected chi connectivity index (χ3v) is 6.64. The van der Waals surface area contributed by atoms with E-state index in [9.17, 15) is 14.9 Å². The van der Waals surface area contributed by atoms with E-state index >= 15 is 0 Å². The minimum Gasteiger partial charge on any atom is -0.497 e. The number of amides is 1. The van der Waals surface area contributed by atoms with Gasteiger partial charge in [0, 0.05) is 19.1 Å². The Morgan fingerprint density at radius 2 is 1.84 bits per heavy atom. The Bertz CT molecular complexity index is 1420. The van der Waals surface area contributed by atoms with Crippen molar-refractivity contribution in [1.82, 2.24) is 19.4 Å². The summed E-state index contributed by atoms with van der Waals surface area (Å²) >= 11 is 0. The lowest BCUT2D eigenvalue weighted by atomic mass is 10.1. The summed E-state index contributed by atoms with van der Waals surface area (Å²) in [5.74, 6) is 1.15. The molecule has 10 heteroatoms. The van der Waals surface area contributed by atoms with Crippen molar-refractivity contribution in [2.45, 2.75) is 65.3 Å². The predicted molar refractivity (Wildman–Crippen MR) is 144 cm³/mol. The first-order valence-corrected chi connectivity index (χ1v) is 12.8. The van der Waals surface area contributed by atoms with Crippen LogP contribution in [0.1, 0.15) is 52.3 Å².